The van der Waals surface area contributed by atoms with Crippen molar-refractivity contribution in [2.24, 2.45) is 4.99 Å². The molecule has 0 N–H and O–H groups in total. The fourth-order valence-electron chi connectivity index (χ4n) is 2.38. The molecule has 0 radical (unpaired) electrons. The number of nitrogens with zero attached hydrogens (tertiary/aromatic N) is 2. The Morgan fingerprint density at radius 1 is 1.25 bits per heavy atom. The fraction of sp³-hybridized carbons (Fsp3) is 0.222. The van der Waals surface area contributed by atoms with Gasteiger partial charge in [0.15, 0.2) is 4.80 Å². The van der Waals surface area contributed by atoms with E-state index in [0.29, 0.717) is 30.1 Å². The summed E-state index contributed by atoms with van der Waals surface area (Å²) in [7, 11) is 0. The van der Waals surface area contributed by atoms with Gasteiger partial charge in [-0.1, -0.05) is 45.5 Å². The van der Waals surface area contributed by atoms with Crippen molar-refractivity contribution < 1.29 is 9.53 Å². The van der Waals surface area contributed by atoms with Crippen LogP contribution >= 0.6 is 27.3 Å². The zero-order chi connectivity index (χ0) is 16.9. The van der Waals surface area contributed by atoms with Crippen molar-refractivity contribution in [3.63, 3.8) is 0 Å². The number of amides is 1. The standard InChI is InChI=1S/C18H17BrN2O2S/c1-2-23-11-10-21-15-9-8-14(19)12-16(15)24-18(21)20-17(22)13-6-4-3-5-7-13/h3-9,12H,2,10-11H2,1H3. The molecule has 3 aromatic rings. The smallest absolute Gasteiger partial charge is 0.279 e. The van der Waals surface area contributed by atoms with E-state index in [4.69, 9.17) is 4.74 Å². The van der Waals surface area contributed by atoms with Crippen molar-refractivity contribution >= 4 is 43.4 Å². The van der Waals surface area contributed by atoms with Crippen LogP contribution in [0.4, 0.5) is 0 Å². The first kappa shape index (κ1) is 17.1. The topological polar surface area (TPSA) is 43.6 Å². The van der Waals surface area contributed by atoms with E-state index in [0.717, 1.165) is 14.7 Å². The molecule has 24 heavy (non-hydrogen) atoms. The number of rotatable bonds is 5. The van der Waals surface area contributed by atoms with Gasteiger partial charge in [0.2, 0.25) is 0 Å². The lowest BCUT2D eigenvalue weighted by Crippen LogP contribution is -2.19. The molecule has 0 unspecified atom stereocenters. The zero-order valence-electron chi connectivity index (χ0n) is 13.2. The average Bonchev–Trinajstić information content (AvgIpc) is 2.92. The summed E-state index contributed by atoms with van der Waals surface area (Å²) < 4.78 is 9.61. The van der Waals surface area contributed by atoms with E-state index >= 15 is 0 Å². The van der Waals surface area contributed by atoms with Crippen LogP contribution in [0.1, 0.15) is 17.3 Å². The number of ether oxygens (including phenoxy) is 1. The fourth-order valence-corrected chi connectivity index (χ4v) is 3.99. The summed E-state index contributed by atoms with van der Waals surface area (Å²) in [6.07, 6.45) is 0. The van der Waals surface area contributed by atoms with Crippen molar-refractivity contribution in [1.29, 1.82) is 0 Å². The van der Waals surface area contributed by atoms with Crippen LogP contribution in [0.15, 0.2) is 58.0 Å². The Hall–Kier alpha value is -1.76. The Morgan fingerprint density at radius 2 is 2.04 bits per heavy atom. The van der Waals surface area contributed by atoms with Gasteiger partial charge in [-0.3, -0.25) is 4.79 Å². The van der Waals surface area contributed by atoms with Crippen molar-refractivity contribution in [2.45, 2.75) is 13.5 Å². The van der Waals surface area contributed by atoms with Crippen LogP contribution in [0.3, 0.4) is 0 Å². The van der Waals surface area contributed by atoms with Gasteiger partial charge in [0.05, 0.1) is 16.8 Å². The van der Waals surface area contributed by atoms with Crippen LogP contribution in [0, 0.1) is 0 Å². The van der Waals surface area contributed by atoms with Crippen molar-refractivity contribution in [2.75, 3.05) is 13.2 Å². The molecule has 3 rings (SSSR count). The number of halogens is 1. The lowest BCUT2D eigenvalue weighted by atomic mass is 10.2. The molecule has 1 amide bonds. The number of benzene rings is 2. The van der Waals surface area contributed by atoms with Gasteiger partial charge in [0, 0.05) is 23.2 Å². The van der Waals surface area contributed by atoms with E-state index in [1.54, 1.807) is 12.1 Å². The van der Waals surface area contributed by atoms with Gasteiger partial charge in [-0.15, -0.1) is 0 Å². The number of thiazole rings is 1. The van der Waals surface area contributed by atoms with Gasteiger partial charge in [0.1, 0.15) is 0 Å². The van der Waals surface area contributed by atoms with E-state index in [1.165, 1.54) is 11.3 Å². The number of fused-ring (bicyclic) bond motifs is 1. The van der Waals surface area contributed by atoms with Crippen molar-refractivity contribution in [1.82, 2.24) is 4.57 Å². The maximum Gasteiger partial charge on any atom is 0.279 e. The van der Waals surface area contributed by atoms with Crippen LogP contribution in [-0.2, 0) is 11.3 Å². The molecule has 0 saturated heterocycles. The molecule has 124 valence electrons. The van der Waals surface area contributed by atoms with Gasteiger partial charge >= 0.3 is 0 Å². The van der Waals surface area contributed by atoms with Crippen LogP contribution in [0.25, 0.3) is 10.2 Å². The molecule has 0 fully saturated rings. The number of carbonyl (C=O) groups is 1. The third-order valence-corrected chi connectivity index (χ3v) is 5.06. The lowest BCUT2D eigenvalue weighted by Gasteiger charge is -2.05. The second kappa shape index (κ2) is 7.88. The maximum atomic E-state index is 12.4. The molecule has 1 aromatic heterocycles. The van der Waals surface area contributed by atoms with Crippen LogP contribution in [0.5, 0.6) is 0 Å². The summed E-state index contributed by atoms with van der Waals surface area (Å²) in [5.41, 5.74) is 1.65. The second-order valence-electron chi connectivity index (χ2n) is 5.13. The molecule has 0 spiro atoms. The first-order valence-electron chi connectivity index (χ1n) is 7.70. The number of hydrogen-bond acceptors (Lipinski definition) is 3. The highest BCUT2D eigenvalue weighted by molar-refractivity contribution is 9.10. The number of carbonyl (C=O) groups excluding carboxylic acids is 1. The minimum Gasteiger partial charge on any atom is -0.380 e. The average molecular weight is 405 g/mol. The van der Waals surface area contributed by atoms with Crippen LogP contribution < -0.4 is 4.80 Å². The van der Waals surface area contributed by atoms with E-state index in [9.17, 15) is 4.79 Å². The Morgan fingerprint density at radius 3 is 2.79 bits per heavy atom. The maximum absolute atomic E-state index is 12.4. The molecular weight excluding hydrogens is 388 g/mol. The normalized spacial score (nSPS) is 12.0. The van der Waals surface area contributed by atoms with Gasteiger partial charge in [-0.25, -0.2) is 0 Å². The largest absolute Gasteiger partial charge is 0.380 e. The van der Waals surface area contributed by atoms with Gasteiger partial charge in [-0.2, -0.15) is 4.99 Å². The van der Waals surface area contributed by atoms with Crippen LogP contribution in [0.2, 0.25) is 0 Å². The summed E-state index contributed by atoms with van der Waals surface area (Å²) in [5.74, 6) is -0.230. The highest BCUT2D eigenvalue weighted by Crippen LogP contribution is 2.22. The minimum atomic E-state index is -0.230. The quantitative estimate of drug-likeness (QED) is 0.596. The summed E-state index contributed by atoms with van der Waals surface area (Å²) in [6, 6.07) is 15.2. The Bertz CT molecular complexity index is 916. The van der Waals surface area contributed by atoms with E-state index < -0.39 is 0 Å². The summed E-state index contributed by atoms with van der Waals surface area (Å²) in [6.45, 7) is 3.89. The van der Waals surface area contributed by atoms with Gasteiger partial charge in [0.25, 0.3) is 5.91 Å². The van der Waals surface area contributed by atoms with Crippen molar-refractivity contribution in [3.8, 4) is 0 Å². The first-order valence-corrected chi connectivity index (χ1v) is 9.30. The minimum absolute atomic E-state index is 0.230. The molecule has 0 saturated carbocycles. The third-order valence-electron chi connectivity index (χ3n) is 3.53. The molecule has 0 atom stereocenters. The number of hydrogen-bond donors (Lipinski definition) is 0. The van der Waals surface area contributed by atoms with E-state index in [1.807, 2.05) is 47.9 Å². The van der Waals surface area contributed by atoms with E-state index in [2.05, 4.69) is 20.9 Å². The molecule has 0 bridgehead atoms. The highest BCUT2D eigenvalue weighted by atomic mass is 79.9. The van der Waals surface area contributed by atoms with Gasteiger partial charge < -0.3 is 9.30 Å². The third kappa shape index (κ3) is 3.83. The predicted molar refractivity (Wildman–Crippen MR) is 100 cm³/mol. The zero-order valence-corrected chi connectivity index (χ0v) is 15.6. The first-order chi connectivity index (χ1) is 11.7. The predicted octanol–water partition coefficient (Wildman–Crippen LogP) is 4.24. The second-order valence-corrected chi connectivity index (χ2v) is 7.05. The Labute approximate surface area is 152 Å². The summed E-state index contributed by atoms with van der Waals surface area (Å²) >= 11 is 5.00. The molecule has 0 aliphatic rings. The summed E-state index contributed by atoms with van der Waals surface area (Å²) in [5, 5.41) is 0. The molecule has 6 heteroatoms. The molecule has 0 aliphatic carbocycles. The molecule has 0 aliphatic heterocycles. The molecular formula is C18H17BrN2O2S. The monoisotopic (exact) mass is 404 g/mol. The molecule has 4 nitrogen and oxygen atoms in total. The lowest BCUT2D eigenvalue weighted by molar-refractivity contribution is 0.0996. The SMILES string of the molecule is CCOCCn1c(=NC(=O)c2ccccc2)sc2cc(Br)ccc21. The molecule has 1 heterocycles. The Kier molecular flexibility index (Phi) is 5.60. The van der Waals surface area contributed by atoms with Crippen LogP contribution in [-0.4, -0.2) is 23.7 Å². The van der Waals surface area contributed by atoms with Gasteiger partial charge in [-0.05, 0) is 37.3 Å². The molecule has 2 aromatic carbocycles. The number of aromatic nitrogens is 1. The van der Waals surface area contributed by atoms with E-state index in [-0.39, 0.29) is 5.91 Å². The Balaban J connectivity index is 2.06. The van der Waals surface area contributed by atoms with Crippen molar-refractivity contribution in [3.05, 3.63) is 63.4 Å². The highest BCUT2D eigenvalue weighted by Gasteiger charge is 2.09. The summed E-state index contributed by atoms with van der Waals surface area (Å²) in [4.78, 5) is 17.5.